The Kier molecular flexibility index (Phi) is 8.57. The van der Waals surface area contributed by atoms with Crippen LogP contribution in [0.3, 0.4) is 0 Å². The molecule has 0 unspecified atom stereocenters. The third-order valence-electron chi connectivity index (χ3n) is 8.99. The molecule has 0 fully saturated rings. The molecule has 0 aliphatic rings. The monoisotopic (exact) mass is 570 g/mol. The van der Waals surface area contributed by atoms with E-state index in [4.69, 9.17) is 0 Å². The lowest BCUT2D eigenvalue weighted by atomic mass is 9.73. The first-order valence-corrected chi connectivity index (χ1v) is 15.1. The van der Waals surface area contributed by atoms with Gasteiger partial charge in [-0.2, -0.15) is 0 Å². The third-order valence-corrected chi connectivity index (χ3v) is 8.99. The Balaban J connectivity index is 1.70. The maximum Gasteiger partial charge on any atom is 0.144 e. The van der Waals surface area contributed by atoms with Gasteiger partial charge in [0.15, 0.2) is 0 Å². The van der Waals surface area contributed by atoms with Gasteiger partial charge in [0.05, 0.1) is 0 Å². The van der Waals surface area contributed by atoms with Gasteiger partial charge < -0.3 is 20.4 Å². The molecular formula is C32H34B8O4. The van der Waals surface area contributed by atoms with Crippen LogP contribution in [0.2, 0.25) is 0 Å². The van der Waals surface area contributed by atoms with Crippen molar-refractivity contribution in [2.75, 3.05) is 0 Å². The lowest BCUT2D eigenvalue weighted by Gasteiger charge is -2.25. The number of hydrogen-bond donors (Lipinski definition) is 4. The van der Waals surface area contributed by atoms with Crippen LogP contribution in [0.1, 0.15) is 45.2 Å². The minimum absolute atomic E-state index is 0.116. The molecule has 0 aliphatic heterocycles. The zero-order valence-electron chi connectivity index (χ0n) is 26.9. The Morgan fingerprint density at radius 1 is 0.295 bits per heavy atom. The Morgan fingerprint density at radius 3 is 0.614 bits per heavy atom. The van der Waals surface area contributed by atoms with Gasteiger partial charge in [0.1, 0.15) is 85.8 Å². The predicted octanol–water partition coefficient (Wildman–Crippen LogP) is -7.06. The lowest BCUT2D eigenvalue weighted by molar-refractivity contribution is 0.483. The predicted molar refractivity (Wildman–Crippen MR) is 206 cm³/mol. The largest absolute Gasteiger partial charge is 0.509 e. The molecule has 0 spiro atoms. The molecule has 44 heavy (non-hydrogen) atoms. The number of rotatable bonds is 6. The van der Waals surface area contributed by atoms with E-state index < -0.39 is 0 Å². The van der Waals surface area contributed by atoms with Gasteiger partial charge in [-0.05, 0) is 77.1 Å². The van der Waals surface area contributed by atoms with Crippen molar-refractivity contribution in [2.24, 2.45) is 0 Å². The van der Waals surface area contributed by atoms with Gasteiger partial charge in [-0.1, -0.05) is 72.8 Å². The Morgan fingerprint density at radius 2 is 0.455 bits per heavy atom. The van der Waals surface area contributed by atoms with Gasteiger partial charge in [-0.3, -0.25) is 0 Å². The quantitative estimate of drug-likeness (QED) is 0.121. The van der Waals surface area contributed by atoms with Crippen LogP contribution in [0.15, 0.2) is 72.8 Å². The highest BCUT2D eigenvalue weighted by Gasteiger charge is 2.24. The molecule has 0 saturated carbocycles. The van der Waals surface area contributed by atoms with Crippen LogP contribution in [0.5, 0.6) is 23.0 Å². The van der Waals surface area contributed by atoms with Gasteiger partial charge in [0.25, 0.3) is 0 Å². The van der Waals surface area contributed by atoms with Crippen molar-refractivity contribution >= 4 is 106 Å². The average Bonchev–Trinajstić information content (AvgIpc) is 2.97. The number of hydrogen-bond acceptors (Lipinski definition) is 4. The molecule has 0 atom stereocenters. The lowest BCUT2D eigenvalue weighted by Crippen LogP contribution is -2.22. The molecule has 4 N–H and O–H groups in total. The van der Waals surface area contributed by atoms with Crippen molar-refractivity contribution in [1.82, 2.24) is 0 Å². The van der Waals surface area contributed by atoms with E-state index in [0.717, 1.165) is 77.1 Å². The molecule has 5 aromatic carbocycles. The van der Waals surface area contributed by atoms with Crippen molar-refractivity contribution in [3.8, 4) is 23.0 Å². The van der Waals surface area contributed by atoms with E-state index >= 15 is 0 Å². The fourth-order valence-corrected chi connectivity index (χ4v) is 6.66. The van der Waals surface area contributed by atoms with Crippen LogP contribution >= 0.6 is 0 Å². The number of benzene rings is 5. The van der Waals surface area contributed by atoms with E-state index in [0.29, 0.717) is 23.0 Å². The molecule has 12 heteroatoms. The highest BCUT2D eigenvalue weighted by Crippen LogP contribution is 2.36. The van der Waals surface area contributed by atoms with Gasteiger partial charge in [-0.25, -0.2) is 0 Å². The topological polar surface area (TPSA) is 80.9 Å². The van der Waals surface area contributed by atoms with Crippen molar-refractivity contribution in [1.29, 1.82) is 0 Å². The standard InChI is InChI=1S/C32H34B8O4/c33-19-5-15(6-20(34)29(19)41)27(16-7-21(35)30(42)22(36)8-16)13-1-2-14(4-3-13)28(17-9-23(37)31(43)24(38)10-17)18-11-25(39)32(44)26(40)12-18/h1-12,27-28,41-44H,33-40H2. The van der Waals surface area contributed by atoms with Crippen LogP contribution in [-0.2, 0) is 0 Å². The molecule has 0 radical (unpaired) electrons. The second kappa shape index (κ2) is 12.1. The molecule has 5 aromatic rings. The second-order valence-corrected chi connectivity index (χ2v) is 12.5. The van der Waals surface area contributed by atoms with Crippen molar-refractivity contribution < 1.29 is 20.4 Å². The van der Waals surface area contributed by atoms with Gasteiger partial charge in [0.2, 0.25) is 0 Å². The van der Waals surface area contributed by atoms with Crippen LogP contribution in [0.25, 0.3) is 0 Å². The van der Waals surface area contributed by atoms with Gasteiger partial charge in [0, 0.05) is 11.8 Å². The fraction of sp³-hybridized carbons (Fsp3) is 0.0625. The summed E-state index contributed by atoms with van der Waals surface area (Å²) in [7, 11) is 15.4. The molecule has 0 bridgehead atoms. The summed E-state index contributed by atoms with van der Waals surface area (Å²) in [6.45, 7) is 0. The summed E-state index contributed by atoms with van der Waals surface area (Å²) in [6, 6.07) is 25.1. The average molecular weight is 569 g/mol. The molecule has 0 aromatic heterocycles. The SMILES string of the molecule is Bc1cc(C(c2ccc(C(c3cc(B)c(O)c(B)c3)c3cc(B)c(O)c(B)c3)cc2)c2cc(B)c(O)c(B)c2)cc(B)c1O. The van der Waals surface area contributed by atoms with E-state index in [2.05, 4.69) is 24.3 Å². The Hall–Kier alpha value is -4.18. The van der Waals surface area contributed by atoms with Crippen LogP contribution in [-0.4, -0.2) is 83.2 Å². The van der Waals surface area contributed by atoms with E-state index in [9.17, 15) is 20.4 Å². The molecule has 4 nitrogen and oxygen atoms in total. The number of aromatic hydroxyl groups is 4. The summed E-state index contributed by atoms with van der Waals surface area (Å²) in [5, 5.41) is 42.2. The van der Waals surface area contributed by atoms with E-state index in [-0.39, 0.29) is 11.8 Å². The normalized spacial score (nSPS) is 11.3. The molecule has 0 saturated heterocycles. The van der Waals surface area contributed by atoms with Gasteiger partial charge in [-0.15, -0.1) is 0 Å². The summed E-state index contributed by atoms with van der Waals surface area (Å²) in [4.78, 5) is 0. The molecule has 5 rings (SSSR count). The summed E-state index contributed by atoms with van der Waals surface area (Å²) >= 11 is 0. The molecule has 0 amide bonds. The highest BCUT2D eigenvalue weighted by atomic mass is 16.3. The third kappa shape index (κ3) is 5.82. The first kappa shape index (κ1) is 31.3. The smallest absolute Gasteiger partial charge is 0.144 e. The second-order valence-electron chi connectivity index (χ2n) is 12.5. The van der Waals surface area contributed by atoms with E-state index in [1.54, 1.807) is 0 Å². The minimum Gasteiger partial charge on any atom is -0.509 e. The molecule has 0 heterocycles. The van der Waals surface area contributed by atoms with Gasteiger partial charge >= 0.3 is 0 Å². The van der Waals surface area contributed by atoms with Crippen LogP contribution < -0.4 is 43.7 Å². The Labute approximate surface area is 267 Å². The summed E-state index contributed by atoms with van der Waals surface area (Å²) in [6.07, 6.45) is 0. The summed E-state index contributed by atoms with van der Waals surface area (Å²) in [5.41, 5.74) is 13.1. The van der Waals surface area contributed by atoms with Crippen molar-refractivity contribution in [3.05, 3.63) is 106 Å². The number of phenols is 4. The zero-order valence-corrected chi connectivity index (χ0v) is 26.9. The first-order chi connectivity index (χ1) is 20.8. The maximum atomic E-state index is 10.5. The first-order valence-electron chi connectivity index (χ1n) is 15.1. The summed E-state index contributed by atoms with van der Waals surface area (Å²) in [5.74, 6) is 1.00. The van der Waals surface area contributed by atoms with Crippen molar-refractivity contribution in [2.45, 2.75) is 11.8 Å². The van der Waals surface area contributed by atoms with Crippen molar-refractivity contribution in [3.63, 3.8) is 0 Å². The Bertz CT molecular complexity index is 1570. The number of phenolic OH excluding ortho intramolecular Hbond substituents is 4. The van der Waals surface area contributed by atoms with Crippen LogP contribution in [0.4, 0.5) is 0 Å². The fourth-order valence-electron chi connectivity index (χ4n) is 6.66. The maximum absolute atomic E-state index is 10.5. The molecular weight excluding hydrogens is 535 g/mol. The highest BCUT2D eigenvalue weighted by molar-refractivity contribution is 6.43. The summed E-state index contributed by atoms with van der Waals surface area (Å²) < 4.78 is 0. The zero-order chi connectivity index (χ0) is 32.0. The van der Waals surface area contributed by atoms with E-state index in [1.165, 1.54) is 0 Å². The molecule has 0 aliphatic carbocycles. The minimum atomic E-state index is -0.116. The molecule has 210 valence electrons. The van der Waals surface area contributed by atoms with Crippen LogP contribution in [0, 0.1) is 0 Å². The van der Waals surface area contributed by atoms with E-state index in [1.807, 2.05) is 111 Å².